The number of anilines is 2. The number of nitrogens with zero attached hydrogens (tertiary/aromatic N) is 2. The van der Waals surface area contributed by atoms with E-state index >= 15 is 0 Å². The van der Waals surface area contributed by atoms with Crippen LogP contribution in [0.2, 0.25) is 0 Å². The van der Waals surface area contributed by atoms with E-state index < -0.39 is 10.0 Å². The Hall–Kier alpha value is -2.38. The van der Waals surface area contributed by atoms with Crippen LogP contribution in [0.3, 0.4) is 0 Å². The van der Waals surface area contributed by atoms with Gasteiger partial charge in [-0.25, -0.2) is 8.42 Å². The zero-order valence-corrected chi connectivity index (χ0v) is 15.6. The molecule has 26 heavy (non-hydrogen) atoms. The highest BCUT2D eigenvalue weighted by Gasteiger charge is 2.23. The lowest BCUT2D eigenvalue weighted by Gasteiger charge is -2.34. The quantitative estimate of drug-likeness (QED) is 0.870. The molecule has 0 aromatic heterocycles. The summed E-state index contributed by atoms with van der Waals surface area (Å²) in [5.74, 6) is -0.0600. The Kier molecular flexibility index (Phi) is 5.58. The van der Waals surface area contributed by atoms with Gasteiger partial charge >= 0.3 is 0 Å². The van der Waals surface area contributed by atoms with Crippen LogP contribution in [0.1, 0.15) is 5.56 Å². The van der Waals surface area contributed by atoms with Crippen molar-refractivity contribution in [2.45, 2.75) is 6.42 Å². The number of sulfonamides is 1. The third-order valence-electron chi connectivity index (χ3n) is 4.41. The standard InChI is InChI=1S/C19H23N3O3S/c1-26(24,25)22-12-10-21(11-13-22)18-9-5-8-17(15-18)20-19(23)14-16-6-3-2-4-7-16/h2-9,15H,10-14H2,1H3,(H,20,23). The molecule has 7 heteroatoms. The Morgan fingerprint density at radius 2 is 1.69 bits per heavy atom. The number of carbonyl (C=O) groups excluding carboxylic acids is 1. The molecule has 1 aliphatic rings. The van der Waals surface area contributed by atoms with E-state index in [1.807, 2.05) is 54.6 Å². The van der Waals surface area contributed by atoms with Gasteiger partial charge in [0.1, 0.15) is 0 Å². The fourth-order valence-corrected chi connectivity index (χ4v) is 3.87. The Morgan fingerprint density at radius 3 is 2.35 bits per heavy atom. The molecule has 2 aromatic rings. The van der Waals surface area contributed by atoms with Crippen molar-refractivity contribution in [3.8, 4) is 0 Å². The van der Waals surface area contributed by atoms with Gasteiger partial charge in [-0.15, -0.1) is 0 Å². The third-order valence-corrected chi connectivity index (χ3v) is 5.71. The molecule has 0 spiro atoms. The van der Waals surface area contributed by atoms with Gasteiger partial charge < -0.3 is 10.2 Å². The van der Waals surface area contributed by atoms with Crippen LogP contribution in [-0.4, -0.2) is 51.1 Å². The van der Waals surface area contributed by atoms with E-state index in [9.17, 15) is 13.2 Å². The zero-order valence-electron chi connectivity index (χ0n) is 14.8. The molecule has 1 aliphatic heterocycles. The number of hydrogen-bond donors (Lipinski definition) is 1. The van der Waals surface area contributed by atoms with Crippen molar-refractivity contribution in [3.63, 3.8) is 0 Å². The zero-order chi connectivity index (χ0) is 18.6. The molecule has 1 heterocycles. The first-order chi connectivity index (χ1) is 12.4. The van der Waals surface area contributed by atoms with Crippen molar-refractivity contribution < 1.29 is 13.2 Å². The summed E-state index contributed by atoms with van der Waals surface area (Å²) < 4.78 is 24.7. The molecule has 1 saturated heterocycles. The molecule has 0 unspecified atom stereocenters. The first-order valence-electron chi connectivity index (χ1n) is 8.56. The van der Waals surface area contributed by atoms with E-state index in [0.717, 1.165) is 16.9 Å². The first-order valence-corrected chi connectivity index (χ1v) is 10.4. The molecule has 1 N–H and O–H groups in total. The summed E-state index contributed by atoms with van der Waals surface area (Å²) in [6, 6.07) is 17.3. The smallest absolute Gasteiger partial charge is 0.228 e. The SMILES string of the molecule is CS(=O)(=O)N1CCN(c2cccc(NC(=O)Cc3ccccc3)c2)CC1. The third kappa shape index (κ3) is 4.83. The number of nitrogens with one attached hydrogen (secondary N) is 1. The minimum Gasteiger partial charge on any atom is -0.369 e. The minimum atomic E-state index is -3.14. The van der Waals surface area contributed by atoms with Crippen LogP contribution in [0.25, 0.3) is 0 Å². The monoisotopic (exact) mass is 373 g/mol. The molecule has 0 radical (unpaired) electrons. The van der Waals surface area contributed by atoms with Crippen molar-refractivity contribution in [1.29, 1.82) is 0 Å². The summed E-state index contributed by atoms with van der Waals surface area (Å²) in [7, 11) is -3.14. The molecular weight excluding hydrogens is 350 g/mol. The fourth-order valence-electron chi connectivity index (χ4n) is 3.04. The molecular formula is C19H23N3O3S. The van der Waals surface area contributed by atoms with Gasteiger partial charge in [-0.2, -0.15) is 4.31 Å². The highest BCUT2D eigenvalue weighted by atomic mass is 32.2. The number of piperazine rings is 1. The van der Waals surface area contributed by atoms with Crippen molar-refractivity contribution in [2.75, 3.05) is 42.7 Å². The summed E-state index contributed by atoms with van der Waals surface area (Å²) >= 11 is 0. The van der Waals surface area contributed by atoms with Crippen LogP contribution in [0, 0.1) is 0 Å². The van der Waals surface area contributed by atoms with Gasteiger partial charge in [0, 0.05) is 37.6 Å². The van der Waals surface area contributed by atoms with Gasteiger partial charge in [-0.05, 0) is 23.8 Å². The lowest BCUT2D eigenvalue weighted by molar-refractivity contribution is -0.115. The van der Waals surface area contributed by atoms with Gasteiger partial charge in [0.15, 0.2) is 0 Å². The molecule has 2 aromatic carbocycles. The highest BCUT2D eigenvalue weighted by Crippen LogP contribution is 2.21. The Morgan fingerprint density at radius 1 is 1.00 bits per heavy atom. The number of benzene rings is 2. The van der Waals surface area contributed by atoms with E-state index in [4.69, 9.17) is 0 Å². The highest BCUT2D eigenvalue weighted by molar-refractivity contribution is 7.88. The summed E-state index contributed by atoms with van der Waals surface area (Å²) in [4.78, 5) is 14.4. The maximum Gasteiger partial charge on any atom is 0.228 e. The van der Waals surface area contributed by atoms with E-state index in [-0.39, 0.29) is 5.91 Å². The van der Waals surface area contributed by atoms with Crippen LogP contribution < -0.4 is 10.2 Å². The maximum atomic E-state index is 12.2. The van der Waals surface area contributed by atoms with E-state index in [0.29, 0.717) is 32.6 Å². The topological polar surface area (TPSA) is 69.7 Å². The van der Waals surface area contributed by atoms with Crippen LogP contribution in [0.15, 0.2) is 54.6 Å². The largest absolute Gasteiger partial charge is 0.369 e. The van der Waals surface area contributed by atoms with Crippen LogP contribution in [-0.2, 0) is 21.2 Å². The van der Waals surface area contributed by atoms with E-state index in [1.54, 1.807) is 0 Å². The first kappa shape index (κ1) is 18.4. The Balaban J connectivity index is 1.61. The van der Waals surface area contributed by atoms with Crippen LogP contribution in [0.4, 0.5) is 11.4 Å². The summed E-state index contributed by atoms with van der Waals surface area (Å²) in [5.41, 5.74) is 2.70. The average molecular weight is 373 g/mol. The molecule has 0 aliphatic carbocycles. The number of rotatable bonds is 5. The second-order valence-corrected chi connectivity index (χ2v) is 8.39. The van der Waals surface area contributed by atoms with Crippen LogP contribution >= 0.6 is 0 Å². The Bertz CT molecular complexity index is 861. The number of amides is 1. The van der Waals surface area contributed by atoms with Crippen molar-refractivity contribution in [1.82, 2.24) is 4.31 Å². The van der Waals surface area contributed by atoms with Gasteiger partial charge in [0.05, 0.1) is 12.7 Å². The van der Waals surface area contributed by atoms with Crippen molar-refractivity contribution in [2.24, 2.45) is 0 Å². The Labute approximate surface area is 154 Å². The predicted molar refractivity (Wildman–Crippen MR) is 104 cm³/mol. The van der Waals surface area contributed by atoms with Crippen molar-refractivity contribution in [3.05, 3.63) is 60.2 Å². The summed E-state index contributed by atoms with van der Waals surface area (Å²) in [6.45, 7) is 2.22. The molecule has 6 nitrogen and oxygen atoms in total. The van der Waals surface area contributed by atoms with Gasteiger partial charge in [-0.3, -0.25) is 4.79 Å². The second-order valence-electron chi connectivity index (χ2n) is 6.41. The fraction of sp³-hybridized carbons (Fsp3) is 0.316. The predicted octanol–water partition coefficient (Wildman–Crippen LogP) is 1.95. The van der Waals surface area contributed by atoms with Crippen molar-refractivity contribution >= 4 is 27.3 Å². The molecule has 3 rings (SSSR count). The minimum absolute atomic E-state index is 0.0600. The molecule has 1 fully saturated rings. The molecule has 1 amide bonds. The van der Waals surface area contributed by atoms with Gasteiger partial charge in [-0.1, -0.05) is 36.4 Å². The molecule has 0 bridgehead atoms. The normalized spacial score (nSPS) is 15.7. The van der Waals surface area contributed by atoms with E-state index in [1.165, 1.54) is 10.6 Å². The van der Waals surface area contributed by atoms with Gasteiger partial charge in [0.2, 0.25) is 15.9 Å². The molecule has 138 valence electrons. The molecule has 0 saturated carbocycles. The van der Waals surface area contributed by atoms with Crippen LogP contribution in [0.5, 0.6) is 0 Å². The number of carbonyl (C=O) groups is 1. The number of hydrogen-bond acceptors (Lipinski definition) is 4. The van der Waals surface area contributed by atoms with E-state index in [2.05, 4.69) is 10.2 Å². The summed E-state index contributed by atoms with van der Waals surface area (Å²) in [6.07, 6.45) is 1.57. The second kappa shape index (κ2) is 7.88. The lowest BCUT2D eigenvalue weighted by Crippen LogP contribution is -2.48. The molecule has 0 atom stereocenters. The average Bonchev–Trinajstić information content (AvgIpc) is 2.62. The lowest BCUT2D eigenvalue weighted by atomic mass is 10.1. The van der Waals surface area contributed by atoms with Gasteiger partial charge in [0.25, 0.3) is 0 Å². The summed E-state index contributed by atoms with van der Waals surface area (Å²) in [5, 5.41) is 2.93. The maximum absolute atomic E-state index is 12.2.